The van der Waals surface area contributed by atoms with Crippen molar-refractivity contribution in [3.8, 4) is 0 Å². The molecule has 0 aromatic heterocycles. The fourth-order valence-electron chi connectivity index (χ4n) is 3.66. The standard InChI is InChI=1S/C24H30Cl3N3O4S/c1-4-22(24(32)28-5-2)29(16-17-8-13-20(26)21(27)15-17)23(31)7-6-14-30(35(3,33)34)19-11-9-18(25)10-12-19/h8-13,15,22H,4-7,14,16H2,1-3H3,(H,28,32)/t22-/m1/s1. The van der Waals surface area contributed by atoms with Gasteiger partial charge >= 0.3 is 0 Å². The lowest BCUT2D eigenvalue weighted by atomic mass is 10.1. The van der Waals surface area contributed by atoms with Crippen molar-refractivity contribution in [1.82, 2.24) is 10.2 Å². The summed E-state index contributed by atoms with van der Waals surface area (Å²) in [4.78, 5) is 27.5. The second-order valence-corrected chi connectivity index (χ2v) is 11.2. The zero-order valence-corrected chi connectivity index (χ0v) is 23.0. The van der Waals surface area contributed by atoms with Gasteiger partial charge in [0, 0.05) is 31.1 Å². The fraction of sp³-hybridized carbons (Fsp3) is 0.417. The van der Waals surface area contributed by atoms with E-state index in [1.165, 1.54) is 9.21 Å². The summed E-state index contributed by atoms with van der Waals surface area (Å²) in [7, 11) is -3.57. The number of anilines is 1. The van der Waals surface area contributed by atoms with Crippen LogP contribution in [0.2, 0.25) is 15.1 Å². The Kier molecular flexibility index (Phi) is 11.1. The van der Waals surface area contributed by atoms with Crippen LogP contribution in [-0.4, -0.2) is 50.5 Å². The Morgan fingerprint density at radius 3 is 2.20 bits per heavy atom. The monoisotopic (exact) mass is 561 g/mol. The smallest absolute Gasteiger partial charge is 0.242 e. The van der Waals surface area contributed by atoms with Gasteiger partial charge in [-0.25, -0.2) is 8.42 Å². The van der Waals surface area contributed by atoms with E-state index < -0.39 is 16.1 Å². The van der Waals surface area contributed by atoms with Crippen molar-refractivity contribution < 1.29 is 18.0 Å². The molecule has 0 aliphatic rings. The second-order valence-electron chi connectivity index (χ2n) is 8.00. The average molecular weight is 563 g/mol. The van der Waals surface area contributed by atoms with Crippen LogP contribution in [0.4, 0.5) is 5.69 Å². The minimum absolute atomic E-state index is 0.0524. The molecule has 35 heavy (non-hydrogen) atoms. The van der Waals surface area contributed by atoms with Crippen molar-refractivity contribution in [1.29, 1.82) is 0 Å². The molecule has 192 valence electrons. The van der Waals surface area contributed by atoms with Crippen LogP contribution in [0.1, 0.15) is 38.7 Å². The highest BCUT2D eigenvalue weighted by Crippen LogP contribution is 2.25. The fourth-order valence-corrected chi connectivity index (χ4v) is 5.07. The van der Waals surface area contributed by atoms with Crippen LogP contribution in [0.25, 0.3) is 0 Å². The lowest BCUT2D eigenvalue weighted by Crippen LogP contribution is -2.49. The van der Waals surface area contributed by atoms with Gasteiger partial charge in [-0.15, -0.1) is 0 Å². The summed E-state index contributed by atoms with van der Waals surface area (Å²) in [6.07, 6.45) is 1.84. The van der Waals surface area contributed by atoms with Crippen LogP contribution < -0.4 is 9.62 Å². The van der Waals surface area contributed by atoms with E-state index in [1.54, 1.807) is 42.5 Å². The summed E-state index contributed by atoms with van der Waals surface area (Å²) in [5.74, 6) is -0.513. The Bertz CT molecular complexity index is 1130. The van der Waals surface area contributed by atoms with Gasteiger partial charge in [0.15, 0.2) is 0 Å². The maximum Gasteiger partial charge on any atom is 0.242 e. The Morgan fingerprint density at radius 1 is 1.00 bits per heavy atom. The minimum Gasteiger partial charge on any atom is -0.355 e. The third-order valence-corrected chi connectivity index (χ3v) is 7.53. The number of nitrogens with one attached hydrogen (secondary N) is 1. The quantitative estimate of drug-likeness (QED) is 0.388. The number of benzene rings is 2. The highest BCUT2D eigenvalue weighted by Gasteiger charge is 2.28. The number of sulfonamides is 1. The van der Waals surface area contributed by atoms with E-state index in [1.807, 2.05) is 13.8 Å². The molecule has 2 aromatic carbocycles. The number of carbonyl (C=O) groups excluding carboxylic acids is 2. The molecule has 0 spiro atoms. The highest BCUT2D eigenvalue weighted by atomic mass is 35.5. The predicted octanol–water partition coefficient (Wildman–Crippen LogP) is 5.14. The van der Waals surface area contributed by atoms with E-state index in [-0.39, 0.29) is 37.7 Å². The van der Waals surface area contributed by atoms with E-state index >= 15 is 0 Å². The molecule has 2 amide bonds. The number of nitrogens with zero attached hydrogens (tertiary/aromatic N) is 2. The van der Waals surface area contributed by atoms with Gasteiger partial charge in [-0.3, -0.25) is 13.9 Å². The maximum atomic E-state index is 13.3. The molecule has 7 nitrogen and oxygen atoms in total. The van der Waals surface area contributed by atoms with E-state index in [0.29, 0.717) is 33.7 Å². The third kappa shape index (κ3) is 8.56. The summed E-state index contributed by atoms with van der Waals surface area (Å²) in [5.41, 5.74) is 1.19. The Balaban J connectivity index is 2.21. The van der Waals surface area contributed by atoms with Gasteiger partial charge in [-0.05, 0) is 61.7 Å². The van der Waals surface area contributed by atoms with Crippen LogP contribution in [0, 0.1) is 0 Å². The zero-order chi connectivity index (χ0) is 26.2. The van der Waals surface area contributed by atoms with Gasteiger partial charge in [0.1, 0.15) is 6.04 Å². The largest absolute Gasteiger partial charge is 0.355 e. The lowest BCUT2D eigenvalue weighted by Gasteiger charge is -2.31. The van der Waals surface area contributed by atoms with Gasteiger partial charge in [0.05, 0.1) is 22.0 Å². The molecule has 2 aromatic rings. The van der Waals surface area contributed by atoms with Crippen LogP contribution in [0.15, 0.2) is 42.5 Å². The van der Waals surface area contributed by atoms with Gasteiger partial charge in [0.2, 0.25) is 21.8 Å². The number of halogens is 3. The first-order valence-corrected chi connectivity index (χ1v) is 14.2. The number of hydrogen-bond donors (Lipinski definition) is 1. The van der Waals surface area contributed by atoms with Crippen LogP contribution >= 0.6 is 34.8 Å². The molecule has 0 radical (unpaired) electrons. The first-order chi connectivity index (χ1) is 16.5. The Labute approximate surface area is 222 Å². The van der Waals surface area contributed by atoms with E-state index in [2.05, 4.69) is 5.32 Å². The summed E-state index contributed by atoms with van der Waals surface area (Å²) in [5, 5.41) is 4.02. The Hall–Kier alpha value is -2.00. The Morgan fingerprint density at radius 2 is 1.66 bits per heavy atom. The van der Waals surface area contributed by atoms with Crippen molar-refractivity contribution in [2.45, 2.75) is 45.7 Å². The van der Waals surface area contributed by atoms with Crippen molar-refractivity contribution >= 4 is 62.3 Å². The van der Waals surface area contributed by atoms with Gasteiger partial charge in [-0.1, -0.05) is 47.8 Å². The summed E-state index contributed by atoms with van der Waals surface area (Å²) >= 11 is 18.1. The first-order valence-electron chi connectivity index (χ1n) is 11.2. The zero-order valence-electron chi connectivity index (χ0n) is 19.9. The maximum absolute atomic E-state index is 13.3. The van der Waals surface area contributed by atoms with E-state index in [4.69, 9.17) is 34.8 Å². The molecule has 0 aliphatic carbocycles. The molecule has 0 saturated carbocycles. The molecule has 11 heteroatoms. The van der Waals surface area contributed by atoms with Crippen molar-refractivity contribution in [2.24, 2.45) is 0 Å². The first kappa shape index (κ1) is 29.2. The molecule has 0 fully saturated rings. The topological polar surface area (TPSA) is 86.8 Å². The SMILES string of the molecule is CCNC(=O)[C@@H](CC)N(Cc1ccc(Cl)c(Cl)c1)C(=O)CCCN(c1ccc(Cl)cc1)S(C)(=O)=O. The molecule has 0 unspecified atom stereocenters. The number of amides is 2. The molecule has 0 aliphatic heterocycles. The van der Waals surface area contributed by atoms with Gasteiger partial charge < -0.3 is 10.2 Å². The number of carbonyl (C=O) groups is 2. The van der Waals surface area contributed by atoms with Gasteiger partial charge in [-0.2, -0.15) is 0 Å². The molecular weight excluding hydrogens is 533 g/mol. The predicted molar refractivity (Wildman–Crippen MR) is 143 cm³/mol. The molecule has 0 saturated heterocycles. The number of hydrogen-bond acceptors (Lipinski definition) is 4. The lowest BCUT2D eigenvalue weighted by molar-refractivity contribution is -0.141. The van der Waals surface area contributed by atoms with Crippen molar-refractivity contribution in [3.63, 3.8) is 0 Å². The van der Waals surface area contributed by atoms with Crippen molar-refractivity contribution in [2.75, 3.05) is 23.7 Å². The minimum atomic E-state index is -3.57. The van der Waals surface area contributed by atoms with Crippen LogP contribution in [-0.2, 0) is 26.2 Å². The van der Waals surface area contributed by atoms with Gasteiger partial charge in [0.25, 0.3) is 0 Å². The molecule has 0 heterocycles. The third-order valence-electron chi connectivity index (χ3n) is 5.34. The molecule has 1 N–H and O–H groups in total. The average Bonchev–Trinajstić information content (AvgIpc) is 2.79. The molecular formula is C24H30Cl3N3O4S. The van der Waals surface area contributed by atoms with Crippen molar-refractivity contribution in [3.05, 3.63) is 63.1 Å². The van der Waals surface area contributed by atoms with E-state index in [9.17, 15) is 18.0 Å². The highest BCUT2D eigenvalue weighted by molar-refractivity contribution is 7.92. The van der Waals surface area contributed by atoms with Crippen LogP contribution in [0.3, 0.4) is 0 Å². The molecule has 2 rings (SSSR count). The van der Waals surface area contributed by atoms with E-state index in [0.717, 1.165) is 11.8 Å². The molecule has 0 bridgehead atoms. The number of rotatable bonds is 12. The summed E-state index contributed by atoms with van der Waals surface area (Å²) in [6.45, 7) is 4.35. The molecule has 1 atom stereocenters. The number of likely N-dealkylation sites (N-methyl/N-ethyl adjacent to an activating group) is 1. The second kappa shape index (κ2) is 13.3. The van der Waals surface area contributed by atoms with Crippen LogP contribution in [0.5, 0.6) is 0 Å². The summed E-state index contributed by atoms with van der Waals surface area (Å²) < 4.78 is 26.0. The normalized spacial score (nSPS) is 12.2. The summed E-state index contributed by atoms with van der Waals surface area (Å²) in [6, 6.07) is 10.8.